The van der Waals surface area contributed by atoms with Crippen molar-refractivity contribution < 1.29 is 0 Å². The topological polar surface area (TPSA) is 54.2 Å². The van der Waals surface area contributed by atoms with Crippen LogP contribution in [0.1, 0.15) is 17.5 Å². The van der Waals surface area contributed by atoms with Gasteiger partial charge in [-0.15, -0.1) is 24.0 Å². The largest absolute Gasteiger partial charge is 0.356 e. The molecule has 1 aromatic heterocycles. The van der Waals surface area contributed by atoms with Gasteiger partial charge in [-0.05, 0) is 23.6 Å². The standard InChI is InChI=1S/C15H19N5.HI/c1-4-13(11-18-15-16-6-2-7-17-15)10-14(5-1)12-20-9-3-8-19-20;/h1,3-5,8-10H,2,6-7,11-12H2,(H2,16,17,18);1H. The van der Waals surface area contributed by atoms with E-state index < -0.39 is 0 Å². The summed E-state index contributed by atoms with van der Waals surface area (Å²) >= 11 is 0. The van der Waals surface area contributed by atoms with E-state index in [-0.39, 0.29) is 24.0 Å². The number of nitrogens with one attached hydrogen (secondary N) is 2. The summed E-state index contributed by atoms with van der Waals surface area (Å²) in [5.41, 5.74) is 2.51. The van der Waals surface area contributed by atoms with Crippen LogP contribution in [0, 0.1) is 0 Å². The van der Waals surface area contributed by atoms with Crippen molar-refractivity contribution >= 4 is 29.9 Å². The maximum atomic E-state index is 4.41. The van der Waals surface area contributed by atoms with Gasteiger partial charge in [0.15, 0.2) is 5.96 Å². The molecule has 0 atom stereocenters. The van der Waals surface area contributed by atoms with E-state index in [0.717, 1.165) is 38.6 Å². The molecule has 0 aliphatic carbocycles. The van der Waals surface area contributed by atoms with Crippen LogP contribution in [0.15, 0.2) is 47.7 Å². The Balaban J connectivity index is 0.00000161. The van der Waals surface area contributed by atoms with Gasteiger partial charge in [0.2, 0.25) is 0 Å². The molecule has 0 amide bonds. The third kappa shape index (κ3) is 4.73. The molecule has 0 spiro atoms. The first-order valence-corrected chi connectivity index (χ1v) is 6.97. The number of halogens is 1. The summed E-state index contributed by atoms with van der Waals surface area (Å²) in [6.07, 6.45) is 4.90. The van der Waals surface area contributed by atoms with Crippen LogP contribution in [-0.2, 0) is 13.1 Å². The Bertz CT molecular complexity index is 580. The Kier molecular flexibility index (Phi) is 6.04. The Morgan fingerprint density at radius 2 is 2.14 bits per heavy atom. The van der Waals surface area contributed by atoms with Crippen molar-refractivity contribution in [3.63, 3.8) is 0 Å². The van der Waals surface area contributed by atoms with Crippen molar-refractivity contribution in [2.45, 2.75) is 19.5 Å². The zero-order valence-electron chi connectivity index (χ0n) is 11.8. The van der Waals surface area contributed by atoms with Gasteiger partial charge in [-0.1, -0.05) is 24.3 Å². The molecule has 2 N–H and O–H groups in total. The number of aromatic nitrogens is 2. The lowest BCUT2D eigenvalue weighted by atomic mass is 10.1. The van der Waals surface area contributed by atoms with Gasteiger partial charge in [-0.3, -0.25) is 9.67 Å². The number of hydrogen-bond acceptors (Lipinski definition) is 4. The predicted molar refractivity (Wildman–Crippen MR) is 94.9 cm³/mol. The molecule has 1 aliphatic heterocycles. The number of guanidine groups is 1. The van der Waals surface area contributed by atoms with Crippen LogP contribution in [-0.4, -0.2) is 28.8 Å². The lowest BCUT2D eigenvalue weighted by Gasteiger charge is -2.16. The fourth-order valence-corrected chi connectivity index (χ4v) is 2.26. The van der Waals surface area contributed by atoms with E-state index in [1.165, 1.54) is 11.1 Å². The second-order valence-electron chi connectivity index (χ2n) is 4.89. The Hall–Kier alpha value is -1.57. The van der Waals surface area contributed by atoms with Crippen LogP contribution < -0.4 is 10.6 Å². The van der Waals surface area contributed by atoms with Crippen molar-refractivity contribution in [3.8, 4) is 0 Å². The van der Waals surface area contributed by atoms with Gasteiger partial charge in [0, 0.05) is 32.0 Å². The molecule has 0 bridgehead atoms. The van der Waals surface area contributed by atoms with Gasteiger partial charge in [0.1, 0.15) is 0 Å². The van der Waals surface area contributed by atoms with Crippen LogP contribution in [0.4, 0.5) is 0 Å². The lowest BCUT2D eigenvalue weighted by Crippen LogP contribution is -2.40. The van der Waals surface area contributed by atoms with Crippen molar-refractivity contribution in [3.05, 3.63) is 53.9 Å². The minimum Gasteiger partial charge on any atom is -0.356 e. The summed E-state index contributed by atoms with van der Waals surface area (Å²) < 4.78 is 1.93. The maximum absolute atomic E-state index is 4.41. The van der Waals surface area contributed by atoms with Gasteiger partial charge in [-0.25, -0.2) is 0 Å². The van der Waals surface area contributed by atoms with Gasteiger partial charge >= 0.3 is 0 Å². The smallest absolute Gasteiger partial charge is 0.191 e. The average molecular weight is 397 g/mol. The van der Waals surface area contributed by atoms with E-state index in [0.29, 0.717) is 0 Å². The van der Waals surface area contributed by atoms with Gasteiger partial charge in [-0.2, -0.15) is 5.10 Å². The van der Waals surface area contributed by atoms with Crippen molar-refractivity contribution in [2.24, 2.45) is 4.99 Å². The van der Waals surface area contributed by atoms with Crippen LogP contribution in [0.2, 0.25) is 0 Å². The molecule has 2 heterocycles. The second kappa shape index (κ2) is 8.02. The first-order valence-electron chi connectivity index (χ1n) is 6.97. The van der Waals surface area contributed by atoms with E-state index >= 15 is 0 Å². The molecule has 0 unspecified atom stereocenters. The molecule has 5 nitrogen and oxygen atoms in total. The van der Waals surface area contributed by atoms with Crippen LogP contribution in [0.5, 0.6) is 0 Å². The molecule has 0 saturated carbocycles. The molecule has 112 valence electrons. The molecule has 1 aliphatic rings. The van der Waals surface area contributed by atoms with E-state index in [4.69, 9.17) is 0 Å². The summed E-state index contributed by atoms with van der Waals surface area (Å²) in [4.78, 5) is 4.41. The van der Waals surface area contributed by atoms with Crippen molar-refractivity contribution in [2.75, 3.05) is 13.1 Å². The minimum atomic E-state index is 0. The normalized spacial score (nSPS) is 13.8. The zero-order chi connectivity index (χ0) is 13.6. The Morgan fingerprint density at radius 3 is 2.90 bits per heavy atom. The zero-order valence-corrected chi connectivity index (χ0v) is 14.2. The molecule has 0 saturated heterocycles. The maximum Gasteiger partial charge on any atom is 0.191 e. The van der Waals surface area contributed by atoms with E-state index in [9.17, 15) is 0 Å². The number of aliphatic imine (C=N–C) groups is 1. The predicted octanol–water partition coefficient (Wildman–Crippen LogP) is 1.99. The van der Waals surface area contributed by atoms with Gasteiger partial charge in [0.25, 0.3) is 0 Å². The van der Waals surface area contributed by atoms with Crippen LogP contribution >= 0.6 is 24.0 Å². The fraction of sp³-hybridized carbons (Fsp3) is 0.333. The summed E-state index contributed by atoms with van der Waals surface area (Å²) in [5.74, 6) is 0.911. The highest BCUT2D eigenvalue weighted by atomic mass is 127. The third-order valence-electron chi connectivity index (χ3n) is 3.25. The molecule has 1 aromatic carbocycles. The molecular weight excluding hydrogens is 377 g/mol. The molecule has 0 fully saturated rings. The quantitative estimate of drug-likeness (QED) is 0.777. The number of nitrogens with zero attached hydrogens (tertiary/aromatic N) is 3. The van der Waals surface area contributed by atoms with Crippen molar-refractivity contribution in [1.29, 1.82) is 0 Å². The first kappa shape index (κ1) is 15.8. The Labute approximate surface area is 141 Å². The van der Waals surface area contributed by atoms with E-state index in [1.807, 2.05) is 16.9 Å². The highest BCUT2D eigenvalue weighted by Gasteiger charge is 2.03. The number of rotatable bonds is 4. The number of benzene rings is 1. The fourth-order valence-electron chi connectivity index (χ4n) is 2.26. The minimum absolute atomic E-state index is 0. The molecule has 21 heavy (non-hydrogen) atoms. The SMILES string of the molecule is I.c1cc(CNC2=NCCCN2)cc(Cn2cccn2)c1. The second-order valence-corrected chi connectivity index (χ2v) is 4.89. The summed E-state index contributed by atoms with van der Waals surface area (Å²) in [5, 5.41) is 10.8. The van der Waals surface area contributed by atoms with E-state index in [1.54, 1.807) is 6.20 Å². The first-order chi connectivity index (χ1) is 9.90. The monoisotopic (exact) mass is 397 g/mol. The molecular formula is C15H20IN5. The van der Waals surface area contributed by atoms with E-state index in [2.05, 4.69) is 45.0 Å². The molecule has 6 heteroatoms. The van der Waals surface area contributed by atoms with Gasteiger partial charge in [0.05, 0.1) is 6.54 Å². The highest BCUT2D eigenvalue weighted by Crippen LogP contribution is 2.07. The third-order valence-corrected chi connectivity index (χ3v) is 3.25. The Morgan fingerprint density at radius 1 is 1.24 bits per heavy atom. The summed E-state index contributed by atoms with van der Waals surface area (Å²) in [6.45, 7) is 3.51. The van der Waals surface area contributed by atoms with Crippen molar-refractivity contribution in [1.82, 2.24) is 20.4 Å². The lowest BCUT2D eigenvalue weighted by molar-refractivity contribution is 0.684. The average Bonchev–Trinajstić information content (AvgIpc) is 3.00. The van der Waals surface area contributed by atoms with Gasteiger partial charge < -0.3 is 10.6 Å². The summed E-state index contributed by atoms with van der Waals surface area (Å²) in [6, 6.07) is 10.5. The molecule has 3 rings (SSSR count). The highest BCUT2D eigenvalue weighted by molar-refractivity contribution is 14.0. The molecule has 2 aromatic rings. The molecule has 0 radical (unpaired) electrons. The van der Waals surface area contributed by atoms with Crippen LogP contribution in [0.25, 0.3) is 0 Å². The number of hydrogen-bond donors (Lipinski definition) is 2. The van der Waals surface area contributed by atoms with Crippen LogP contribution in [0.3, 0.4) is 0 Å². The summed E-state index contributed by atoms with van der Waals surface area (Å²) in [7, 11) is 0.